The van der Waals surface area contributed by atoms with Crippen molar-refractivity contribution in [2.45, 2.75) is 24.7 Å². The van der Waals surface area contributed by atoms with Crippen molar-refractivity contribution in [3.05, 3.63) is 29.8 Å². The monoisotopic (exact) mass is 397 g/mol. The average molecular weight is 397 g/mol. The fourth-order valence-corrected chi connectivity index (χ4v) is 5.93. The maximum Gasteiger partial charge on any atom is 0.282 e. The van der Waals surface area contributed by atoms with Gasteiger partial charge in [-0.2, -0.15) is 17.0 Å². The second kappa shape index (κ2) is 7.65. The number of benzene rings is 1. The number of rotatable bonds is 4. The first kappa shape index (κ1) is 19.1. The van der Waals surface area contributed by atoms with Gasteiger partial charge in [0.2, 0.25) is 0 Å². The standard InChI is InChI=1S/C18H27N3O5S/c1-24-17-5-3-2-4-15(17)16-14-19-8-11-21(16)27(22,23)20-9-6-18(7-10-20)25-12-13-26-18/h2-5,16,19H,6-14H2,1H3. The number of para-hydroxylation sites is 1. The van der Waals surface area contributed by atoms with E-state index in [1.807, 2.05) is 24.3 Å². The Labute approximate surface area is 160 Å². The highest BCUT2D eigenvalue weighted by molar-refractivity contribution is 7.86. The molecule has 27 heavy (non-hydrogen) atoms. The molecule has 3 saturated heterocycles. The summed E-state index contributed by atoms with van der Waals surface area (Å²) in [5.74, 6) is 0.120. The highest BCUT2D eigenvalue weighted by Crippen LogP contribution is 2.36. The van der Waals surface area contributed by atoms with Crippen LogP contribution in [-0.4, -0.2) is 75.9 Å². The van der Waals surface area contributed by atoms with Crippen molar-refractivity contribution in [1.29, 1.82) is 0 Å². The zero-order valence-electron chi connectivity index (χ0n) is 15.6. The molecule has 3 fully saturated rings. The van der Waals surface area contributed by atoms with Gasteiger partial charge in [-0.3, -0.25) is 0 Å². The predicted octanol–water partition coefficient (Wildman–Crippen LogP) is 0.725. The van der Waals surface area contributed by atoms with Gasteiger partial charge in [-0.25, -0.2) is 0 Å². The molecular formula is C18H27N3O5S. The van der Waals surface area contributed by atoms with Crippen molar-refractivity contribution in [2.24, 2.45) is 0 Å². The van der Waals surface area contributed by atoms with Crippen LogP contribution < -0.4 is 10.1 Å². The fraction of sp³-hybridized carbons (Fsp3) is 0.667. The Morgan fingerprint density at radius 3 is 2.56 bits per heavy atom. The second-order valence-electron chi connectivity index (χ2n) is 7.09. The van der Waals surface area contributed by atoms with Gasteiger partial charge >= 0.3 is 0 Å². The Bertz CT molecular complexity index is 756. The molecule has 3 aliphatic rings. The number of hydrogen-bond donors (Lipinski definition) is 1. The van der Waals surface area contributed by atoms with Crippen molar-refractivity contribution in [2.75, 3.05) is 53.0 Å². The molecule has 150 valence electrons. The lowest BCUT2D eigenvalue weighted by atomic mass is 10.0. The van der Waals surface area contributed by atoms with E-state index in [9.17, 15) is 8.42 Å². The first-order valence-corrected chi connectivity index (χ1v) is 10.8. The van der Waals surface area contributed by atoms with E-state index in [0.29, 0.717) is 64.5 Å². The van der Waals surface area contributed by atoms with Crippen LogP contribution in [0.4, 0.5) is 0 Å². The number of methoxy groups -OCH3 is 1. The highest BCUT2D eigenvalue weighted by Gasteiger charge is 2.45. The Morgan fingerprint density at radius 1 is 1.15 bits per heavy atom. The molecule has 1 atom stereocenters. The molecule has 1 spiro atoms. The van der Waals surface area contributed by atoms with Gasteiger partial charge in [0, 0.05) is 51.1 Å². The van der Waals surface area contributed by atoms with Gasteiger partial charge in [0.15, 0.2) is 5.79 Å². The predicted molar refractivity (Wildman–Crippen MR) is 99.7 cm³/mol. The van der Waals surface area contributed by atoms with Crippen molar-refractivity contribution >= 4 is 10.2 Å². The Morgan fingerprint density at radius 2 is 1.85 bits per heavy atom. The van der Waals surface area contributed by atoms with Crippen LogP contribution in [-0.2, 0) is 19.7 Å². The number of hydrogen-bond acceptors (Lipinski definition) is 6. The summed E-state index contributed by atoms with van der Waals surface area (Å²) in [4.78, 5) is 0. The van der Waals surface area contributed by atoms with E-state index >= 15 is 0 Å². The van der Waals surface area contributed by atoms with Crippen molar-refractivity contribution < 1.29 is 22.6 Å². The summed E-state index contributed by atoms with van der Waals surface area (Å²) in [5, 5.41) is 3.31. The van der Waals surface area contributed by atoms with Crippen molar-refractivity contribution in [1.82, 2.24) is 13.9 Å². The largest absolute Gasteiger partial charge is 0.496 e. The smallest absolute Gasteiger partial charge is 0.282 e. The number of piperazine rings is 1. The Balaban J connectivity index is 1.56. The van der Waals surface area contributed by atoms with E-state index in [1.165, 1.54) is 0 Å². The Hall–Kier alpha value is -1.23. The number of piperidine rings is 1. The molecule has 1 N–H and O–H groups in total. The van der Waals surface area contributed by atoms with Crippen LogP contribution >= 0.6 is 0 Å². The highest BCUT2D eigenvalue weighted by atomic mass is 32.2. The second-order valence-corrected chi connectivity index (χ2v) is 8.97. The van der Waals surface area contributed by atoms with Crippen LogP contribution in [0.2, 0.25) is 0 Å². The van der Waals surface area contributed by atoms with Gasteiger partial charge in [0.25, 0.3) is 10.2 Å². The molecule has 3 heterocycles. The number of nitrogens with one attached hydrogen (secondary N) is 1. The molecule has 0 bridgehead atoms. The first-order valence-electron chi connectivity index (χ1n) is 9.44. The summed E-state index contributed by atoms with van der Waals surface area (Å²) in [6, 6.07) is 7.31. The average Bonchev–Trinajstić information content (AvgIpc) is 3.16. The molecule has 9 heteroatoms. The molecule has 0 saturated carbocycles. The minimum Gasteiger partial charge on any atom is -0.496 e. The Kier molecular flexibility index (Phi) is 5.41. The van der Waals surface area contributed by atoms with Gasteiger partial charge in [-0.05, 0) is 6.07 Å². The molecule has 0 aromatic heterocycles. The van der Waals surface area contributed by atoms with E-state index < -0.39 is 16.0 Å². The molecule has 1 aromatic carbocycles. The van der Waals surface area contributed by atoms with E-state index in [2.05, 4.69) is 5.32 Å². The normalized spacial score (nSPS) is 27.1. The lowest BCUT2D eigenvalue weighted by molar-refractivity contribution is -0.179. The third-order valence-corrected chi connectivity index (χ3v) is 7.66. The summed E-state index contributed by atoms with van der Waals surface area (Å²) in [7, 11) is -1.98. The molecule has 0 amide bonds. The third-order valence-electron chi connectivity index (χ3n) is 5.61. The van der Waals surface area contributed by atoms with E-state index in [4.69, 9.17) is 14.2 Å². The lowest BCUT2D eigenvalue weighted by Gasteiger charge is -2.42. The molecule has 4 rings (SSSR count). The van der Waals surface area contributed by atoms with Gasteiger partial charge in [-0.1, -0.05) is 18.2 Å². The molecule has 1 aromatic rings. The van der Waals surface area contributed by atoms with Crippen LogP contribution in [0.1, 0.15) is 24.4 Å². The van der Waals surface area contributed by atoms with Crippen LogP contribution in [0.5, 0.6) is 5.75 Å². The fourth-order valence-electron chi connectivity index (χ4n) is 4.16. The first-order chi connectivity index (χ1) is 13.1. The minimum absolute atomic E-state index is 0.297. The zero-order valence-corrected chi connectivity index (χ0v) is 16.4. The molecule has 8 nitrogen and oxygen atoms in total. The summed E-state index contributed by atoms with van der Waals surface area (Å²) < 4.78 is 47.0. The third kappa shape index (κ3) is 3.59. The maximum absolute atomic E-state index is 13.4. The lowest BCUT2D eigenvalue weighted by Crippen LogP contribution is -2.56. The van der Waals surface area contributed by atoms with Gasteiger partial charge < -0.3 is 19.5 Å². The molecular weight excluding hydrogens is 370 g/mol. The maximum atomic E-state index is 13.4. The number of nitrogens with zero attached hydrogens (tertiary/aromatic N) is 2. The van der Waals surface area contributed by atoms with Gasteiger partial charge in [-0.15, -0.1) is 0 Å². The summed E-state index contributed by atoms with van der Waals surface area (Å²) in [5.41, 5.74) is 0.881. The minimum atomic E-state index is -3.59. The SMILES string of the molecule is COc1ccccc1C1CNCCN1S(=O)(=O)N1CCC2(CC1)OCCO2. The molecule has 0 aliphatic carbocycles. The quantitative estimate of drug-likeness (QED) is 0.807. The topological polar surface area (TPSA) is 80.3 Å². The molecule has 0 radical (unpaired) electrons. The number of ether oxygens (including phenoxy) is 3. The van der Waals surface area contributed by atoms with Crippen LogP contribution in [0.25, 0.3) is 0 Å². The van der Waals surface area contributed by atoms with Crippen LogP contribution in [0, 0.1) is 0 Å². The van der Waals surface area contributed by atoms with E-state index in [1.54, 1.807) is 15.7 Å². The summed E-state index contributed by atoms with van der Waals surface area (Å²) >= 11 is 0. The van der Waals surface area contributed by atoms with Crippen LogP contribution in [0.15, 0.2) is 24.3 Å². The summed E-state index contributed by atoms with van der Waals surface area (Å²) in [6.07, 6.45) is 1.13. The van der Waals surface area contributed by atoms with Crippen molar-refractivity contribution in [3.8, 4) is 5.75 Å². The van der Waals surface area contributed by atoms with Gasteiger partial charge in [0.05, 0.1) is 26.4 Å². The summed E-state index contributed by atoms with van der Waals surface area (Å²) in [6.45, 7) is 3.61. The zero-order chi connectivity index (χ0) is 18.9. The molecule has 3 aliphatic heterocycles. The van der Waals surface area contributed by atoms with Gasteiger partial charge in [0.1, 0.15) is 5.75 Å². The molecule has 1 unspecified atom stereocenters. The van der Waals surface area contributed by atoms with Crippen molar-refractivity contribution in [3.63, 3.8) is 0 Å². The van der Waals surface area contributed by atoms with E-state index in [0.717, 1.165) is 5.56 Å². The van der Waals surface area contributed by atoms with Crippen LogP contribution in [0.3, 0.4) is 0 Å². The van der Waals surface area contributed by atoms with E-state index in [-0.39, 0.29) is 6.04 Å².